The van der Waals surface area contributed by atoms with Gasteiger partial charge in [-0.1, -0.05) is 12.2 Å². The lowest BCUT2D eigenvalue weighted by Gasteiger charge is -1.91. The second-order valence-corrected chi connectivity index (χ2v) is 4.01. The maximum Gasteiger partial charge on any atom is 0.348 e. The minimum atomic E-state index is -0.274. The molecule has 0 fully saturated rings. The first kappa shape index (κ1) is 11.3. The van der Waals surface area contributed by atoms with Crippen molar-refractivity contribution in [1.29, 1.82) is 0 Å². The first-order valence-electron chi connectivity index (χ1n) is 4.22. The largest absolute Gasteiger partial charge is 0.465 e. The van der Waals surface area contributed by atoms with Crippen molar-refractivity contribution in [1.82, 2.24) is 0 Å². The Morgan fingerprint density at radius 3 is 3.14 bits per heavy atom. The first-order chi connectivity index (χ1) is 6.77. The number of hydrogen-bond donors (Lipinski definition) is 1. The molecule has 0 atom stereocenters. The van der Waals surface area contributed by atoms with Crippen LogP contribution in [-0.2, 0) is 4.74 Å². The van der Waals surface area contributed by atoms with Crippen LogP contribution in [-0.4, -0.2) is 18.8 Å². The average Bonchev–Trinajstić information content (AvgIpc) is 2.66. The molecule has 0 aliphatic rings. The molecule has 0 N–H and O–H groups in total. The number of methoxy groups -OCH3 is 1. The highest BCUT2D eigenvalue weighted by atomic mass is 32.1. The van der Waals surface area contributed by atoms with Crippen LogP contribution < -0.4 is 0 Å². The van der Waals surface area contributed by atoms with Crippen LogP contribution in [0.3, 0.4) is 0 Å². The van der Waals surface area contributed by atoms with Crippen molar-refractivity contribution in [3.05, 3.63) is 28.0 Å². The van der Waals surface area contributed by atoms with E-state index in [1.807, 2.05) is 23.6 Å². The summed E-state index contributed by atoms with van der Waals surface area (Å²) in [6, 6.07) is 1.82. The van der Waals surface area contributed by atoms with E-state index < -0.39 is 0 Å². The van der Waals surface area contributed by atoms with Gasteiger partial charge in [0.25, 0.3) is 0 Å². The van der Waals surface area contributed by atoms with Gasteiger partial charge in [0, 0.05) is 0 Å². The van der Waals surface area contributed by atoms with Gasteiger partial charge in [-0.3, -0.25) is 0 Å². The van der Waals surface area contributed by atoms with Crippen molar-refractivity contribution in [2.24, 2.45) is 0 Å². The van der Waals surface area contributed by atoms with Crippen LogP contribution in [0.2, 0.25) is 0 Å². The predicted molar refractivity (Wildman–Crippen MR) is 63.2 cm³/mol. The summed E-state index contributed by atoms with van der Waals surface area (Å²) in [4.78, 5) is 11.7. The molecule has 14 heavy (non-hydrogen) atoms. The van der Waals surface area contributed by atoms with Gasteiger partial charge in [0.05, 0.1) is 7.11 Å². The number of carbonyl (C=O) groups excluding carboxylic acids is 1. The summed E-state index contributed by atoms with van der Waals surface area (Å²) in [5, 5.41) is 1.93. The standard InChI is InChI=1S/C10H12O2S2/c1-12-10(11)9-6-8(7-14-9)4-2-3-5-13/h2,4,6-7,13H,3,5H2,1H3. The third kappa shape index (κ3) is 3.20. The number of thiol groups is 1. The number of carbonyl (C=O) groups is 1. The van der Waals surface area contributed by atoms with Gasteiger partial charge in [0.15, 0.2) is 0 Å². The minimum absolute atomic E-state index is 0.274. The number of rotatable bonds is 4. The Hall–Kier alpha value is -0.740. The van der Waals surface area contributed by atoms with E-state index in [1.165, 1.54) is 18.4 Å². The molecule has 1 heterocycles. The lowest BCUT2D eigenvalue weighted by molar-refractivity contribution is 0.0606. The van der Waals surface area contributed by atoms with Crippen LogP contribution in [0.4, 0.5) is 0 Å². The molecule has 1 aromatic heterocycles. The molecule has 76 valence electrons. The Kier molecular flexibility index (Phi) is 4.76. The first-order valence-corrected chi connectivity index (χ1v) is 5.73. The smallest absolute Gasteiger partial charge is 0.348 e. The predicted octanol–water partition coefficient (Wildman–Crippen LogP) is 2.87. The number of thiophene rings is 1. The summed E-state index contributed by atoms with van der Waals surface area (Å²) in [6.07, 6.45) is 4.96. The summed E-state index contributed by atoms with van der Waals surface area (Å²) in [7, 11) is 1.39. The zero-order chi connectivity index (χ0) is 10.4. The molecule has 4 heteroatoms. The summed E-state index contributed by atoms with van der Waals surface area (Å²) in [5.41, 5.74) is 1.04. The monoisotopic (exact) mass is 228 g/mol. The van der Waals surface area contributed by atoms with Crippen LogP contribution >= 0.6 is 24.0 Å². The van der Waals surface area contributed by atoms with E-state index in [1.54, 1.807) is 0 Å². The SMILES string of the molecule is COC(=O)c1cc(C=CCCS)cs1. The molecular weight excluding hydrogens is 216 g/mol. The van der Waals surface area contributed by atoms with Crippen LogP contribution in [0.25, 0.3) is 6.08 Å². The van der Waals surface area contributed by atoms with E-state index >= 15 is 0 Å². The summed E-state index contributed by atoms with van der Waals surface area (Å²) < 4.78 is 4.61. The van der Waals surface area contributed by atoms with Gasteiger partial charge in [-0.25, -0.2) is 4.79 Å². The molecule has 1 rings (SSSR count). The zero-order valence-electron chi connectivity index (χ0n) is 7.90. The zero-order valence-corrected chi connectivity index (χ0v) is 9.61. The molecule has 0 saturated carbocycles. The average molecular weight is 228 g/mol. The van der Waals surface area contributed by atoms with Crippen molar-refractivity contribution < 1.29 is 9.53 Å². The fourth-order valence-electron chi connectivity index (χ4n) is 0.940. The molecular formula is C10H12O2S2. The fourth-order valence-corrected chi connectivity index (χ4v) is 1.88. The highest BCUT2D eigenvalue weighted by Gasteiger charge is 2.06. The number of ether oxygens (including phenoxy) is 1. The molecule has 0 aromatic carbocycles. The Balaban J connectivity index is 2.63. The lowest BCUT2D eigenvalue weighted by atomic mass is 10.2. The van der Waals surface area contributed by atoms with Crippen LogP contribution in [0.5, 0.6) is 0 Å². The molecule has 0 unspecified atom stereocenters. The van der Waals surface area contributed by atoms with Crippen molar-refractivity contribution in [3.8, 4) is 0 Å². The van der Waals surface area contributed by atoms with Gasteiger partial charge in [0.1, 0.15) is 4.88 Å². The maximum atomic E-state index is 11.1. The Bertz CT molecular complexity index is 329. The van der Waals surface area contributed by atoms with E-state index in [0.717, 1.165) is 17.7 Å². The maximum absolute atomic E-state index is 11.1. The second-order valence-electron chi connectivity index (χ2n) is 2.65. The summed E-state index contributed by atoms with van der Waals surface area (Å²) in [6.45, 7) is 0. The molecule has 1 aromatic rings. The van der Waals surface area contributed by atoms with E-state index in [9.17, 15) is 4.79 Å². The Labute approximate surface area is 93.0 Å². The topological polar surface area (TPSA) is 26.3 Å². The van der Waals surface area contributed by atoms with E-state index in [0.29, 0.717) is 4.88 Å². The highest BCUT2D eigenvalue weighted by molar-refractivity contribution is 7.80. The Morgan fingerprint density at radius 1 is 1.71 bits per heavy atom. The van der Waals surface area contributed by atoms with Gasteiger partial charge < -0.3 is 4.74 Å². The van der Waals surface area contributed by atoms with Gasteiger partial charge >= 0.3 is 5.97 Å². The van der Waals surface area contributed by atoms with E-state index in [4.69, 9.17) is 0 Å². The van der Waals surface area contributed by atoms with Crippen LogP contribution in [0.1, 0.15) is 21.7 Å². The molecule has 0 aliphatic heterocycles. The van der Waals surface area contributed by atoms with Gasteiger partial charge in [-0.2, -0.15) is 12.6 Å². The normalized spacial score (nSPS) is 10.7. The van der Waals surface area contributed by atoms with Gasteiger partial charge in [-0.15, -0.1) is 11.3 Å². The Morgan fingerprint density at radius 2 is 2.50 bits per heavy atom. The van der Waals surface area contributed by atoms with E-state index in [2.05, 4.69) is 17.4 Å². The molecule has 0 bridgehead atoms. The highest BCUT2D eigenvalue weighted by Crippen LogP contribution is 2.16. The molecule has 0 spiro atoms. The van der Waals surface area contributed by atoms with Gasteiger partial charge in [0.2, 0.25) is 0 Å². The van der Waals surface area contributed by atoms with Crippen molar-refractivity contribution >= 4 is 36.0 Å². The van der Waals surface area contributed by atoms with Crippen molar-refractivity contribution in [3.63, 3.8) is 0 Å². The molecule has 0 radical (unpaired) electrons. The molecule has 0 aliphatic carbocycles. The molecule has 2 nitrogen and oxygen atoms in total. The second kappa shape index (κ2) is 5.88. The molecule has 0 amide bonds. The third-order valence-corrected chi connectivity index (χ3v) is 2.80. The quantitative estimate of drug-likeness (QED) is 0.633. The number of hydrogen-bond acceptors (Lipinski definition) is 4. The summed E-state index contributed by atoms with van der Waals surface area (Å²) >= 11 is 5.49. The number of esters is 1. The van der Waals surface area contributed by atoms with Gasteiger partial charge in [-0.05, 0) is 29.2 Å². The lowest BCUT2D eigenvalue weighted by Crippen LogP contribution is -1.96. The van der Waals surface area contributed by atoms with E-state index in [-0.39, 0.29) is 5.97 Å². The van der Waals surface area contributed by atoms with Crippen molar-refractivity contribution in [2.75, 3.05) is 12.9 Å². The fraction of sp³-hybridized carbons (Fsp3) is 0.300. The number of allylic oxidation sites excluding steroid dienone is 1. The molecule has 0 saturated heterocycles. The van der Waals surface area contributed by atoms with Crippen LogP contribution in [0, 0.1) is 0 Å². The summed E-state index contributed by atoms with van der Waals surface area (Å²) in [5.74, 6) is 0.564. The van der Waals surface area contributed by atoms with Crippen LogP contribution in [0.15, 0.2) is 17.5 Å². The van der Waals surface area contributed by atoms with Crippen molar-refractivity contribution in [2.45, 2.75) is 6.42 Å². The third-order valence-electron chi connectivity index (χ3n) is 1.61. The minimum Gasteiger partial charge on any atom is -0.465 e.